The van der Waals surface area contributed by atoms with E-state index in [9.17, 15) is 21.6 Å². The lowest BCUT2D eigenvalue weighted by molar-refractivity contribution is 0.00306. The molecule has 0 spiro atoms. The van der Waals surface area contributed by atoms with Crippen LogP contribution in [0.2, 0.25) is 20.1 Å². The van der Waals surface area contributed by atoms with Gasteiger partial charge < -0.3 is 44.1 Å². The fraction of sp³-hybridized carbons (Fsp3) is 0.468. The Kier molecular flexibility index (Phi) is 22.2. The highest BCUT2D eigenvalue weighted by Gasteiger charge is 2.29. The Morgan fingerprint density at radius 1 is 0.543 bits per heavy atom. The number of carbonyl (C=O) groups excluding carboxylic acids is 1. The molecule has 4 aromatic carbocycles. The van der Waals surface area contributed by atoms with Gasteiger partial charge in [-0.05, 0) is 96.0 Å². The molecule has 2 aliphatic rings. The third-order valence-electron chi connectivity index (χ3n) is 11.4. The van der Waals surface area contributed by atoms with Gasteiger partial charge in [-0.25, -0.2) is 26.4 Å². The molecular weight excluding hydrogens is 1030 g/mol. The van der Waals surface area contributed by atoms with Gasteiger partial charge in [0.2, 0.25) is 10.0 Å². The van der Waals surface area contributed by atoms with Gasteiger partial charge in [0, 0.05) is 77.7 Å². The Balaban J connectivity index is 0.705. The maximum absolute atomic E-state index is 12.9. The molecule has 0 unspecified atom stereocenters. The van der Waals surface area contributed by atoms with E-state index in [-0.39, 0.29) is 87.0 Å². The topological polar surface area (TPSA) is 195 Å². The SMILES string of the molecule is CN1Cc2c(Cl)cc(Cl)cc2[C@H](c2ccc(S(=O)(=O)NCCOCCOCCOCCNC(=O)NCCOCCOCCONS(=O)(=O)c3ccc([C@@H]4CN(C)Cc5c(Cl)cc(Cl)cc54)cc3)cc2)C1. The summed E-state index contributed by atoms with van der Waals surface area (Å²) in [5.41, 5.74) is 6.05. The number of rotatable bonds is 28. The number of sulfonamides is 2. The van der Waals surface area contributed by atoms with Crippen LogP contribution in [0.15, 0.2) is 82.6 Å². The van der Waals surface area contributed by atoms with Crippen LogP contribution < -0.4 is 20.2 Å². The summed E-state index contributed by atoms with van der Waals surface area (Å²) in [5, 5.41) is 7.74. The predicted octanol–water partition coefficient (Wildman–Crippen LogP) is 6.03. The van der Waals surface area contributed by atoms with Crippen molar-refractivity contribution in [3.8, 4) is 0 Å². The second-order valence-corrected chi connectivity index (χ2v) is 21.7. The molecule has 0 bridgehead atoms. The molecule has 70 heavy (non-hydrogen) atoms. The number of benzene rings is 4. The molecule has 0 fully saturated rings. The van der Waals surface area contributed by atoms with E-state index < -0.39 is 20.0 Å². The summed E-state index contributed by atoms with van der Waals surface area (Å²) >= 11 is 25.6. The summed E-state index contributed by atoms with van der Waals surface area (Å²) in [7, 11) is -3.62. The third-order valence-corrected chi connectivity index (χ3v) is 15.2. The van der Waals surface area contributed by atoms with Crippen LogP contribution in [0.5, 0.6) is 0 Å². The van der Waals surface area contributed by atoms with E-state index >= 15 is 0 Å². The highest BCUT2D eigenvalue weighted by molar-refractivity contribution is 7.89. The molecule has 4 aromatic rings. The fourth-order valence-electron chi connectivity index (χ4n) is 8.02. The van der Waals surface area contributed by atoms with Crippen molar-refractivity contribution in [2.45, 2.75) is 34.7 Å². The molecule has 17 nitrogen and oxygen atoms in total. The number of amides is 2. The third kappa shape index (κ3) is 16.9. The highest BCUT2D eigenvalue weighted by atomic mass is 35.5. The number of fused-ring (bicyclic) bond motifs is 2. The minimum atomic E-state index is -3.92. The summed E-state index contributed by atoms with van der Waals surface area (Å²) in [6, 6.07) is 20.5. The minimum absolute atomic E-state index is 0.00562. The van der Waals surface area contributed by atoms with Gasteiger partial charge in [-0.3, -0.25) is 4.84 Å². The number of nitrogens with zero attached hydrogens (tertiary/aromatic N) is 2. The minimum Gasteiger partial charge on any atom is -0.378 e. The number of urea groups is 1. The summed E-state index contributed by atoms with van der Waals surface area (Å²) in [6.45, 7) is 6.18. The average molecular weight is 1090 g/mol. The second-order valence-electron chi connectivity index (χ2n) is 16.6. The van der Waals surface area contributed by atoms with Crippen molar-refractivity contribution in [1.82, 2.24) is 30.0 Å². The first kappa shape index (κ1) is 56.1. The van der Waals surface area contributed by atoms with Crippen molar-refractivity contribution in [1.29, 1.82) is 0 Å². The van der Waals surface area contributed by atoms with Gasteiger partial charge in [-0.2, -0.15) is 0 Å². The van der Waals surface area contributed by atoms with Gasteiger partial charge >= 0.3 is 6.03 Å². The zero-order valence-electron chi connectivity index (χ0n) is 39.0. The van der Waals surface area contributed by atoms with Crippen LogP contribution in [-0.4, -0.2) is 152 Å². The summed E-state index contributed by atoms with van der Waals surface area (Å²) in [4.78, 5) is 23.9. The number of ether oxygens (including phenoxy) is 5. The zero-order valence-corrected chi connectivity index (χ0v) is 43.7. The van der Waals surface area contributed by atoms with Crippen molar-refractivity contribution in [3.63, 3.8) is 0 Å². The normalized spacial score (nSPS) is 16.5. The van der Waals surface area contributed by atoms with Crippen LogP contribution in [0.25, 0.3) is 0 Å². The number of halogens is 4. The predicted molar refractivity (Wildman–Crippen MR) is 269 cm³/mol. The van der Waals surface area contributed by atoms with Crippen molar-refractivity contribution < 1.29 is 50.2 Å². The highest BCUT2D eigenvalue weighted by Crippen LogP contribution is 2.40. The van der Waals surface area contributed by atoms with Gasteiger partial charge in [0.25, 0.3) is 10.0 Å². The first-order valence-electron chi connectivity index (χ1n) is 22.7. The van der Waals surface area contributed by atoms with Crippen molar-refractivity contribution in [3.05, 3.63) is 126 Å². The molecule has 23 heteroatoms. The van der Waals surface area contributed by atoms with Crippen LogP contribution in [0.1, 0.15) is 45.2 Å². The monoisotopic (exact) mass is 1090 g/mol. The number of hydrogen-bond donors (Lipinski definition) is 4. The molecule has 0 radical (unpaired) electrons. The van der Waals surface area contributed by atoms with Gasteiger partial charge in [-0.1, -0.05) is 75.6 Å². The van der Waals surface area contributed by atoms with Crippen LogP contribution in [0.3, 0.4) is 0 Å². The lowest BCUT2D eigenvalue weighted by atomic mass is 9.85. The average Bonchev–Trinajstić information content (AvgIpc) is 3.32. The van der Waals surface area contributed by atoms with E-state index in [1.165, 1.54) is 12.1 Å². The molecular formula is C47H60Cl4N6O11S2. The van der Waals surface area contributed by atoms with Crippen molar-refractivity contribution >= 4 is 72.5 Å². The number of hydrogen-bond acceptors (Lipinski definition) is 13. The molecule has 2 atom stereocenters. The maximum Gasteiger partial charge on any atom is 0.314 e. The van der Waals surface area contributed by atoms with Gasteiger partial charge in [0.05, 0.1) is 82.5 Å². The molecule has 2 heterocycles. The Morgan fingerprint density at radius 3 is 1.37 bits per heavy atom. The van der Waals surface area contributed by atoms with Crippen LogP contribution in [-0.2, 0) is 61.7 Å². The largest absolute Gasteiger partial charge is 0.378 e. The first-order valence-corrected chi connectivity index (χ1v) is 27.2. The van der Waals surface area contributed by atoms with Crippen LogP contribution >= 0.6 is 46.4 Å². The summed E-state index contributed by atoms with van der Waals surface area (Å²) < 4.78 is 81.3. The molecule has 0 saturated carbocycles. The van der Waals surface area contributed by atoms with E-state index in [0.29, 0.717) is 66.2 Å². The summed E-state index contributed by atoms with van der Waals surface area (Å²) in [5.74, 6) is -0.0127. The number of carbonyl (C=O) groups is 1. The molecule has 2 aliphatic heterocycles. The lowest BCUT2D eigenvalue weighted by Gasteiger charge is -2.33. The van der Waals surface area contributed by atoms with E-state index in [1.54, 1.807) is 36.4 Å². The Hall–Kier alpha value is -3.19. The molecule has 384 valence electrons. The van der Waals surface area contributed by atoms with Gasteiger partial charge in [0.1, 0.15) is 0 Å². The van der Waals surface area contributed by atoms with Crippen molar-refractivity contribution in [2.75, 3.05) is 119 Å². The summed E-state index contributed by atoms with van der Waals surface area (Å²) in [6.07, 6.45) is 0. The Labute approximate surface area is 430 Å². The van der Waals surface area contributed by atoms with E-state index in [2.05, 4.69) is 30.0 Å². The second kappa shape index (κ2) is 27.7. The maximum atomic E-state index is 12.9. The zero-order chi connectivity index (χ0) is 50.1. The lowest BCUT2D eigenvalue weighted by Crippen LogP contribution is -2.39. The van der Waals surface area contributed by atoms with Gasteiger partial charge in [-0.15, -0.1) is 0 Å². The molecule has 0 aliphatic carbocycles. The molecule has 2 amide bonds. The quantitative estimate of drug-likeness (QED) is 0.0381. The standard InChI is InChI=1S/C47H60Cl4N6O11S2/c1-56-29-41(39-25-35(48)27-45(50)43(39)31-56)33-3-7-37(8-4-33)69(59,60)54-13-16-65-19-21-66-20-17-63-14-11-52-47(58)53-12-15-64-18-22-67-23-24-68-55-70(61,62)38-9-5-34(6-10-38)42-30-57(2)32-44-40(42)26-36(49)28-46(44)51/h3-10,25-28,41-42,54-55H,11-24,29-32H2,1-2H3,(H2,52,53,58)/t41-,42-/m0/s1. The number of nitrogens with one attached hydrogen (secondary N) is 4. The molecule has 6 rings (SSSR count). The van der Waals surface area contributed by atoms with E-state index in [4.69, 9.17) is 74.9 Å². The molecule has 4 N–H and O–H groups in total. The van der Waals surface area contributed by atoms with Crippen LogP contribution in [0.4, 0.5) is 4.79 Å². The van der Waals surface area contributed by atoms with E-state index in [1.807, 2.05) is 38.4 Å². The smallest absolute Gasteiger partial charge is 0.314 e. The van der Waals surface area contributed by atoms with Crippen molar-refractivity contribution in [2.24, 2.45) is 0 Å². The molecule has 0 saturated heterocycles. The Morgan fingerprint density at radius 2 is 0.929 bits per heavy atom. The van der Waals surface area contributed by atoms with E-state index in [0.717, 1.165) is 46.5 Å². The van der Waals surface area contributed by atoms with Gasteiger partial charge in [0.15, 0.2) is 0 Å². The van der Waals surface area contributed by atoms with Crippen LogP contribution in [0, 0.1) is 0 Å². The first-order chi connectivity index (χ1) is 33.6. The molecule has 0 aromatic heterocycles. The number of likely N-dealkylation sites (N-methyl/N-ethyl adjacent to an activating group) is 2. The Bertz CT molecular complexity index is 2550. The fourth-order valence-corrected chi connectivity index (χ4v) is 11.0.